The van der Waals surface area contributed by atoms with Crippen LogP contribution in [0.4, 0.5) is 9.93 Å². The first-order valence-electron chi connectivity index (χ1n) is 8.41. The highest BCUT2D eigenvalue weighted by atomic mass is 32.1. The van der Waals surface area contributed by atoms with Gasteiger partial charge >= 0.3 is 6.09 Å². The van der Waals surface area contributed by atoms with E-state index in [0.29, 0.717) is 35.3 Å². The monoisotopic (exact) mass is 393 g/mol. The fourth-order valence-electron chi connectivity index (χ4n) is 2.31. The molecule has 0 atom stereocenters. The summed E-state index contributed by atoms with van der Waals surface area (Å²) in [4.78, 5) is 27.6. The molecule has 1 aromatic carbocycles. The number of hydrogen-bond donors (Lipinski definition) is 2. The van der Waals surface area contributed by atoms with Gasteiger partial charge in [0.1, 0.15) is 0 Å². The van der Waals surface area contributed by atoms with Crippen molar-refractivity contribution in [3.63, 3.8) is 0 Å². The standard InChI is InChI=1S/C18H23N3O5S/c1-4-26-18(23)21-17-20-13(11-27-17)10-16(22)19-8-7-12-5-6-14(24-2)15(9-12)25-3/h5-6,9,11H,4,7-8,10H2,1-3H3,(H,19,22)(H,20,21,23). The fourth-order valence-corrected chi connectivity index (χ4v) is 3.01. The van der Waals surface area contributed by atoms with Gasteiger partial charge in [0.25, 0.3) is 0 Å². The maximum absolute atomic E-state index is 12.1. The van der Waals surface area contributed by atoms with Crippen LogP contribution < -0.4 is 20.1 Å². The Kier molecular flexibility index (Phi) is 7.87. The molecule has 0 bridgehead atoms. The van der Waals surface area contributed by atoms with Crippen molar-refractivity contribution in [3.05, 3.63) is 34.8 Å². The number of nitrogens with zero attached hydrogens (tertiary/aromatic N) is 1. The van der Waals surface area contributed by atoms with Gasteiger partial charge < -0.3 is 19.5 Å². The van der Waals surface area contributed by atoms with E-state index in [-0.39, 0.29) is 18.9 Å². The molecule has 1 aromatic heterocycles. The van der Waals surface area contributed by atoms with Gasteiger partial charge in [0.05, 0.1) is 32.9 Å². The van der Waals surface area contributed by atoms with Crippen molar-refractivity contribution in [2.75, 3.05) is 32.7 Å². The van der Waals surface area contributed by atoms with Crippen molar-refractivity contribution in [1.82, 2.24) is 10.3 Å². The van der Waals surface area contributed by atoms with E-state index in [1.54, 1.807) is 26.5 Å². The minimum absolute atomic E-state index is 0.136. The van der Waals surface area contributed by atoms with Gasteiger partial charge in [-0.25, -0.2) is 9.78 Å². The smallest absolute Gasteiger partial charge is 0.413 e. The highest BCUT2D eigenvalue weighted by Crippen LogP contribution is 2.27. The molecule has 0 saturated carbocycles. The summed E-state index contributed by atoms with van der Waals surface area (Å²) in [6.45, 7) is 2.50. The van der Waals surface area contributed by atoms with Crippen LogP contribution in [0.25, 0.3) is 0 Å². The van der Waals surface area contributed by atoms with Crippen molar-refractivity contribution in [3.8, 4) is 11.5 Å². The molecule has 2 amide bonds. The molecule has 0 saturated heterocycles. The molecule has 8 nitrogen and oxygen atoms in total. The lowest BCUT2D eigenvalue weighted by molar-refractivity contribution is -0.120. The second kappa shape index (κ2) is 10.4. The summed E-state index contributed by atoms with van der Waals surface area (Å²) in [5, 5.41) is 7.51. The largest absolute Gasteiger partial charge is 0.493 e. The van der Waals surface area contributed by atoms with Gasteiger partial charge in [0.2, 0.25) is 5.91 Å². The highest BCUT2D eigenvalue weighted by molar-refractivity contribution is 7.13. The molecule has 0 aliphatic carbocycles. The molecule has 0 unspecified atom stereocenters. The number of benzene rings is 1. The maximum atomic E-state index is 12.1. The Balaban J connectivity index is 1.78. The molecule has 2 N–H and O–H groups in total. The lowest BCUT2D eigenvalue weighted by Gasteiger charge is -2.10. The summed E-state index contributed by atoms with van der Waals surface area (Å²) >= 11 is 1.25. The number of amides is 2. The molecule has 27 heavy (non-hydrogen) atoms. The number of nitrogens with one attached hydrogen (secondary N) is 2. The first kappa shape index (κ1) is 20.5. The zero-order chi connectivity index (χ0) is 19.6. The number of hydrogen-bond acceptors (Lipinski definition) is 7. The number of aromatic nitrogens is 1. The Morgan fingerprint density at radius 3 is 2.67 bits per heavy atom. The second-order valence-corrected chi connectivity index (χ2v) is 6.31. The molecule has 2 aromatic rings. The minimum Gasteiger partial charge on any atom is -0.493 e. The number of ether oxygens (including phenoxy) is 3. The highest BCUT2D eigenvalue weighted by Gasteiger charge is 2.10. The fraction of sp³-hybridized carbons (Fsp3) is 0.389. The summed E-state index contributed by atoms with van der Waals surface area (Å²) in [7, 11) is 3.17. The van der Waals surface area contributed by atoms with Crippen LogP contribution in [0, 0.1) is 0 Å². The van der Waals surface area contributed by atoms with Gasteiger partial charge in [-0.05, 0) is 31.0 Å². The van der Waals surface area contributed by atoms with Crippen LogP contribution in [0.5, 0.6) is 11.5 Å². The quantitative estimate of drug-likeness (QED) is 0.680. The molecule has 146 valence electrons. The zero-order valence-electron chi connectivity index (χ0n) is 15.5. The van der Waals surface area contributed by atoms with Crippen molar-refractivity contribution >= 4 is 28.5 Å². The van der Waals surface area contributed by atoms with Crippen LogP contribution in [0.2, 0.25) is 0 Å². The predicted octanol–water partition coefficient (Wildman–Crippen LogP) is 2.63. The van der Waals surface area contributed by atoms with Crippen molar-refractivity contribution in [2.45, 2.75) is 19.8 Å². The van der Waals surface area contributed by atoms with Gasteiger partial charge in [-0.2, -0.15) is 0 Å². The zero-order valence-corrected chi connectivity index (χ0v) is 16.4. The number of carbonyl (C=O) groups excluding carboxylic acids is 2. The topological polar surface area (TPSA) is 98.8 Å². The Bertz CT molecular complexity index is 778. The molecular formula is C18H23N3O5S. The normalized spacial score (nSPS) is 10.2. The average molecular weight is 393 g/mol. The third kappa shape index (κ3) is 6.45. The Labute approximate surface area is 161 Å². The lowest BCUT2D eigenvalue weighted by atomic mass is 10.1. The number of carbonyl (C=O) groups is 2. The van der Waals surface area contributed by atoms with Crippen molar-refractivity contribution < 1.29 is 23.8 Å². The molecule has 1 heterocycles. The van der Waals surface area contributed by atoms with Crippen LogP contribution >= 0.6 is 11.3 Å². The summed E-state index contributed by atoms with van der Waals surface area (Å²) in [6, 6.07) is 5.66. The number of thiazole rings is 1. The SMILES string of the molecule is CCOC(=O)Nc1nc(CC(=O)NCCc2ccc(OC)c(OC)c2)cs1. The molecule has 0 fully saturated rings. The third-order valence-electron chi connectivity index (χ3n) is 3.56. The van der Waals surface area contributed by atoms with E-state index in [9.17, 15) is 9.59 Å². The van der Waals surface area contributed by atoms with E-state index in [0.717, 1.165) is 5.56 Å². The van der Waals surface area contributed by atoms with Gasteiger partial charge in [0, 0.05) is 11.9 Å². The first-order valence-corrected chi connectivity index (χ1v) is 9.29. The van der Waals surface area contributed by atoms with Crippen LogP contribution in [0.1, 0.15) is 18.2 Å². The van der Waals surface area contributed by atoms with Crippen molar-refractivity contribution in [1.29, 1.82) is 0 Å². The van der Waals surface area contributed by atoms with E-state index in [1.807, 2.05) is 18.2 Å². The molecule has 0 radical (unpaired) electrons. The van der Waals surface area contributed by atoms with Gasteiger partial charge in [-0.3, -0.25) is 10.1 Å². The number of methoxy groups -OCH3 is 2. The molecule has 9 heteroatoms. The van der Waals surface area contributed by atoms with Crippen LogP contribution in [-0.4, -0.2) is 44.4 Å². The first-order chi connectivity index (χ1) is 13.0. The summed E-state index contributed by atoms with van der Waals surface area (Å²) < 4.78 is 15.3. The molecule has 0 spiro atoms. The van der Waals surface area contributed by atoms with Gasteiger partial charge in [0.15, 0.2) is 16.6 Å². The molecule has 0 aliphatic heterocycles. The summed E-state index contributed by atoms with van der Waals surface area (Å²) in [5.41, 5.74) is 1.62. The second-order valence-electron chi connectivity index (χ2n) is 5.46. The van der Waals surface area contributed by atoms with E-state index in [1.165, 1.54) is 11.3 Å². The molecule has 2 rings (SSSR count). The van der Waals surface area contributed by atoms with E-state index in [2.05, 4.69) is 15.6 Å². The Hall–Kier alpha value is -2.81. The molecule has 0 aliphatic rings. The summed E-state index contributed by atoms with van der Waals surface area (Å²) in [6.07, 6.45) is 0.254. The van der Waals surface area contributed by atoms with Crippen molar-refractivity contribution in [2.24, 2.45) is 0 Å². The number of rotatable bonds is 9. The Morgan fingerprint density at radius 1 is 1.19 bits per heavy atom. The third-order valence-corrected chi connectivity index (χ3v) is 4.37. The predicted molar refractivity (Wildman–Crippen MR) is 103 cm³/mol. The maximum Gasteiger partial charge on any atom is 0.413 e. The number of anilines is 1. The van der Waals surface area contributed by atoms with Crippen LogP contribution in [0.15, 0.2) is 23.6 Å². The van der Waals surface area contributed by atoms with Crippen LogP contribution in [-0.2, 0) is 22.4 Å². The summed E-state index contributed by atoms with van der Waals surface area (Å²) in [5.74, 6) is 1.19. The lowest BCUT2D eigenvalue weighted by Crippen LogP contribution is -2.27. The average Bonchev–Trinajstić information content (AvgIpc) is 3.08. The molecular weight excluding hydrogens is 370 g/mol. The van der Waals surface area contributed by atoms with Gasteiger partial charge in [-0.15, -0.1) is 11.3 Å². The Morgan fingerprint density at radius 2 is 1.96 bits per heavy atom. The van der Waals surface area contributed by atoms with Gasteiger partial charge in [-0.1, -0.05) is 6.07 Å². The van der Waals surface area contributed by atoms with Crippen LogP contribution in [0.3, 0.4) is 0 Å². The van der Waals surface area contributed by atoms with E-state index in [4.69, 9.17) is 14.2 Å². The van der Waals surface area contributed by atoms with E-state index < -0.39 is 6.09 Å². The minimum atomic E-state index is -0.558. The van der Waals surface area contributed by atoms with E-state index >= 15 is 0 Å².